The summed E-state index contributed by atoms with van der Waals surface area (Å²) in [5, 5.41) is 0. The average molecular weight is 317 g/mol. The molecule has 6 heteroatoms. The van der Waals surface area contributed by atoms with Gasteiger partial charge in [0.1, 0.15) is 6.10 Å². The minimum Gasteiger partial charge on any atom is -0.375 e. The van der Waals surface area contributed by atoms with Crippen LogP contribution in [0.5, 0.6) is 0 Å². The highest BCUT2D eigenvalue weighted by atomic mass is 32.2. The smallest absolute Gasteiger partial charge is 0.214 e. The zero-order chi connectivity index (χ0) is 14.9. The lowest BCUT2D eigenvalue weighted by atomic mass is 10.1. The zero-order valence-electron chi connectivity index (χ0n) is 12.9. The van der Waals surface area contributed by atoms with Gasteiger partial charge in [-0.2, -0.15) is 4.31 Å². The monoisotopic (exact) mass is 317 g/mol. The van der Waals surface area contributed by atoms with E-state index in [4.69, 9.17) is 9.47 Å². The molecule has 0 aromatic rings. The molecule has 3 fully saturated rings. The summed E-state index contributed by atoms with van der Waals surface area (Å²) < 4.78 is 38.0. The van der Waals surface area contributed by atoms with Crippen LogP contribution in [0.15, 0.2) is 0 Å². The number of ether oxygens (including phenoxy) is 2. The summed E-state index contributed by atoms with van der Waals surface area (Å²) in [5.41, 5.74) is 0. The molecule has 0 unspecified atom stereocenters. The van der Waals surface area contributed by atoms with E-state index < -0.39 is 10.0 Å². The number of fused-ring (bicyclic) bond motifs is 1. The molecule has 0 aromatic carbocycles. The van der Waals surface area contributed by atoms with E-state index in [1.54, 1.807) is 11.2 Å². The summed E-state index contributed by atoms with van der Waals surface area (Å²) in [4.78, 5) is 0. The summed E-state index contributed by atoms with van der Waals surface area (Å²) in [5.74, 6) is 0.868. The molecule has 2 aliphatic carbocycles. The van der Waals surface area contributed by atoms with Crippen LogP contribution in [0.1, 0.15) is 45.4 Å². The fourth-order valence-electron chi connectivity index (χ4n) is 4.01. The molecule has 3 aliphatic rings. The molecule has 2 saturated carbocycles. The van der Waals surface area contributed by atoms with E-state index in [1.165, 1.54) is 25.7 Å². The Labute approximate surface area is 128 Å². The summed E-state index contributed by atoms with van der Waals surface area (Å²) in [6, 6.07) is -0.0164. The van der Waals surface area contributed by atoms with Crippen LogP contribution in [0.2, 0.25) is 0 Å². The molecular weight excluding hydrogens is 290 g/mol. The summed E-state index contributed by atoms with van der Waals surface area (Å²) in [7, 11) is -3.13. The van der Waals surface area contributed by atoms with Crippen molar-refractivity contribution in [3.8, 4) is 0 Å². The fraction of sp³-hybridized carbons (Fsp3) is 1.00. The van der Waals surface area contributed by atoms with E-state index >= 15 is 0 Å². The molecule has 0 N–H and O–H groups in total. The topological polar surface area (TPSA) is 55.8 Å². The minimum absolute atomic E-state index is 0.0164. The SMILES string of the molecule is CCS(=O)(=O)N1CCO[C@H]2[C@H](OCC3CCCC3)CC[C@@H]21. The van der Waals surface area contributed by atoms with E-state index in [2.05, 4.69) is 0 Å². The summed E-state index contributed by atoms with van der Waals surface area (Å²) in [6.45, 7) is 3.51. The Bertz CT molecular complexity index is 447. The molecule has 0 aromatic heterocycles. The maximum atomic E-state index is 12.2. The molecule has 1 saturated heterocycles. The molecule has 1 aliphatic heterocycles. The first kappa shape index (κ1) is 15.7. The lowest BCUT2D eigenvalue weighted by Crippen LogP contribution is -2.54. The first-order valence-electron chi connectivity index (χ1n) is 8.34. The second kappa shape index (κ2) is 6.52. The highest BCUT2D eigenvalue weighted by Gasteiger charge is 2.46. The van der Waals surface area contributed by atoms with E-state index in [-0.39, 0.29) is 24.0 Å². The van der Waals surface area contributed by atoms with Crippen molar-refractivity contribution in [1.82, 2.24) is 4.31 Å². The van der Waals surface area contributed by atoms with E-state index in [0.29, 0.717) is 19.1 Å². The molecule has 0 amide bonds. The van der Waals surface area contributed by atoms with E-state index in [9.17, 15) is 8.42 Å². The van der Waals surface area contributed by atoms with Crippen molar-refractivity contribution in [2.24, 2.45) is 5.92 Å². The maximum Gasteiger partial charge on any atom is 0.214 e. The third-order valence-electron chi connectivity index (χ3n) is 5.23. The predicted molar refractivity (Wildman–Crippen MR) is 80.6 cm³/mol. The molecule has 0 radical (unpaired) electrons. The zero-order valence-corrected chi connectivity index (χ0v) is 13.7. The van der Waals surface area contributed by atoms with Crippen molar-refractivity contribution in [2.75, 3.05) is 25.5 Å². The third-order valence-corrected chi connectivity index (χ3v) is 7.12. The Morgan fingerprint density at radius 1 is 1.19 bits per heavy atom. The Balaban J connectivity index is 1.60. The lowest BCUT2D eigenvalue weighted by molar-refractivity contribution is -0.101. The van der Waals surface area contributed by atoms with Gasteiger partial charge in [-0.05, 0) is 38.5 Å². The lowest BCUT2D eigenvalue weighted by Gasteiger charge is -2.38. The summed E-state index contributed by atoms with van der Waals surface area (Å²) >= 11 is 0. The van der Waals surface area contributed by atoms with Gasteiger partial charge in [0.05, 0.1) is 24.5 Å². The van der Waals surface area contributed by atoms with Crippen LogP contribution in [0.3, 0.4) is 0 Å². The first-order valence-corrected chi connectivity index (χ1v) is 9.95. The molecule has 3 rings (SSSR count). The summed E-state index contributed by atoms with van der Waals surface area (Å²) in [6.07, 6.45) is 6.98. The molecule has 21 heavy (non-hydrogen) atoms. The van der Waals surface area contributed by atoms with Crippen LogP contribution < -0.4 is 0 Å². The molecule has 0 bridgehead atoms. The largest absolute Gasteiger partial charge is 0.375 e. The van der Waals surface area contributed by atoms with Crippen molar-refractivity contribution in [3.05, 3.63) is 0 Å². The normalized spacial score (nSPS) is 35.2. The van der Waals surface area contributed by atoms with Crippen molar-refractivity contribution in [2.45, 2.75) is 63.7 Å². The second-order valence-electron chi connectivity index (χ2n) is 6.51. The number of rotatable bonds is 5. The molecule has 3 atom stereocenters. The quantitative estimate of drug-likeness (QED) is 0.775. The van der Waals surface area contributed by atoms with Gasteiger partial charge >= 0.3 is 0 Å². The Kier molecular flexibility index (Phi) is 4.88. The van der Waals surface area contributed by atoms with Crippen molar-refractivity contribution < 1.29 is 17.9 Å². The van der Waals surface area contributed by atoms with Gasteiger partial charge in [-0.15, -0.1) is 0 Å². The minimum atomic E-state index is -3.13. The fourth-order valence-corrected chi connectivity index (χ4v) is 5.33. The van der Waals surface area contributed by atoms with Gasteiger partial charge in [-0.3, -0.25) is 0 Å². The molecule has 0 spiro atoms. The van der Waals surface area contributed by atoms with Gasteiger partial charge in [0.15, 0.2) is 0 Å². The number of morpholine rings is 1. The second-order valence-corrected chi connectivity index (χ2v) is 8.72. The standard InChI is InChI=1S/C15H27NO4S/c1-2-21(17,18)16-9-10-19-15-13(16)7-8-14(15)20-11-12-5-3-4-6-12/h12-15H,2-11H2,1H3/t13-,14+,15+/m0/s1. The first-order chi connectivity index (χ1) is 10.1. The maximum absolute atomic E-state index is 12.2. The molecular formula is C15H27NO4S. The van der Waals surface area contributed by atoms with E-state index in [1.807, 2.05) is 0 Å². The van der Waals surface area contributed by atoms with Crippen molar-refractivity contribution >= 4 is 10.0 Å². The number of sulfonamides is 1. The molecule has 5 nitrogen and oxygen atoms in total. The molecule has 122 valence electrons. The van der Waals surface area contributed by atoms with Crippen LogP contribution >= 0.6 is 0 Å². The predicted octanol–water partition coefficient (Wildman–Crippen LogP) is 1.77. The number of hydrogen-bond donors (Lipinski definition) is 0. The van der Waals surface area contributed by atoms with Crippen LogP contribution in [0, 0.1) is 5.92 Å². The van der Waals surface area contributed by atoms with Crippen LogP contribution in [0.25, 0.3) is 0 Å². The van der Waals surface area contributed by atoms with E-state index in [0.717, 1.165) is 19.4 Å². The van der Waals surface area contributed by atoms with Gasteiger partial charge < -0.3 is 9.47 Å². The van der Waals surface area contributed by atoms with Gasteiger partial charge in [-0.25, -0.2) is 8.42 Å². The van der Waals surface area contributed by atoms with Gasteiger partial charge in [-0.1, -0.05) is 12.8 Å². The van der Waals surface area contributed by atoms with Crippen LogP contribution in [-0.4, -0.2) is 56.5 Å². The Morgan fingerprint density at radius 3 is 2.67 bits per heavy atom. The molecule has 1 heterocycles. The average Bonchev–Trinajstić information content (AvgIpc) is 3.14. The van der Waals surface area contributed by atoms with Crippen LogP contribution in [-0.2, 0) is 19.5 Å². The van der Waals surface area contributed by atoms with Crippen molar-refractivity contribution in [3.63, 3.8) is 0 Å². The third kappa shape index (κ3) is 3.28. The number of nitrogens with zero attached hydrogens (tertiary/aromatic N) is 1. The van der Waals surface area contributed by atoms with Crippen molar-refractivity contribution in [1.29, 1.82) is 0 Å². The Morgan fingerprint density at radius 2 is 1.95 bits per heavy atom. The Hall–Kier alpha value is -0.170. The highest BCUT2D eigenvalue weighted by Crippen LogP contribution is 2.35. The van der Waals surface area contributed by atoms with Gasteiger partial charge in [0.25, 0.3) is 0 Å². The van der Waals surface area contributed by atoms with Crippen LogP contribution in [0.4, 0.5) is 0 Å². The number of hydrogen-bond acceptors (Lipinski definition) is 4. The van der Waals surface area contributed by atoms with Gasteiger partial charge in [0, 0.05) is 13.2 Å². The highest BCUT2D eigenvalue weighted by molar-refractivity contribution is 7.89. The van der Waals surface area contributed by atoms with Gasteiger partial charge in [0.2, 0.25) is 10.0 Å².